The Labute approximate surface area is 188 Å². The van der Waals surface area contributed by atoms with E-state index in [2.05, 4.69) is 16.4 Å². The predicted octanol–water partition coefficient (Wildman–Crippen LogP) is 4.93. The number of anilines is 1. The van der Waals surface area contributed by atoms with E-state index in [9.17, 15) is 13.2 Å². The van der Waals surface area contributed by atoms with Crippen molar-refractivity contribution >= 4 is 55.3 Å². The van der Waals surface area contributed by atoms with Crippen LogP contribution in [0.3, 0.4) is 0 Å². The normalized spacial score (nSPS) is 17.4. The van der Waals surface area contributed by atoms with Gasteiger partial charge in [0.15, 0.2) is 5.13 Å². The number of amides is 1. The van der Waals surface area contributed by atoms with Crippen LogP contribution in [0.2, 0.25) is 4.34 Å². The van der Waals surface area contributed by atoms with Crippen molar-refractivity contribution in [1.82, 2.24) is 9.29 Å². The highest BCUT2D eigenvalue weighted by Crippen LogP contribution is 2.33. The summed E-state index contributed by atoms with van der Waals surface area (Å²) in [7, 11) is -3.76. The lowest BCUT2D eigenvalue weighted by molar-refractivity contribution is -0.119. The lowest BCUT2D eigenvalue weighted by Crippen LogP contribution is -2.42. The van der Waals surface area contributed by atoms with E-state index in [-0.39, 0.29) is 10.1 Å². The molecule has 1 fully saturated rings. The molecule has 158 valence electrons. The van der Waals surface area contributed by atoms with Crippen molar-refractivity contribution < 1.29 is 13.2 Å². The second-order valence-corrected chi connectivity index (χ2v) is 11.9. The van der Waals surface area contributed by atoms with Crippen LogP contribution in [0.5, 0.6) is 0 Å². The largest absolute Gasteiger partial charge is 0.301 e. The Balaban J connectivity index is 1.52. The minimum Gasteiger partial charge on any atom is -0.301 e. The standard InChI is InChI=1S/C20H20ClN3O3S3/c1-12-5-6-14(13(2)10-12)15-11-28-20(22-15)23-19(25)16-4-3-9-24(16)30(26,27)18-8-7-17(21)29-18/h5-8,10-11,16H,3-4,9H2,1-2H3,(H,22,23,25). The van der Waals surface area contributed by atoms with Gasteiger partial charge in [-0.25, -0.2) is 13.4 Å². The van der Waals surface area contributed by atoms with Crippen molar-refractivity contribution in [2.24, 2.45) is 0 Å². The Hall–Kier alpha value is -1.78. The zero-order valence-corrected chi connectivity index (χ0v) is 19.6. The predicted molar refractivity (Wildman–Crippen MR) is 122 cm³/mol. The lowest BCUT2D eigenvalue weighted by atomic mass is 10.0. The average molecular weight is 482 g/mol. The van der Waals surface area contributed by atoms with Gasteiger partial charge >= 0.3 is 0 Å². The molecular formula is C20H20ClN3O3S3. The molecule has 1 N–H and O–H groups in total. The Morgan fingerprint density at radius 2 is 2.07 bits per heavy atom. The van der Waals surface area contributed by atoms with Crippen molar-refractivity contribution in [3.05, 3.63) is 51.2 Å². The number of hydrogen-bond donors (Lipinski definition) is 1. The maximum Gasteiger partial charge on any atom is 0.253 e. The molecule has 1 aliphatic heterocycles. The van der Waals surface area contributed by atoms with E-state index in [1.807, 2.05) is 31.4 Å². The molecule has 1 saturated heterocycles. The van der Waals surface area contributed by atoms with Gasteiger partial charge in [-0.15, -0.1) is 22.7 Å². The van der Waals surface area contributed by atoms with Crippen molar-refractivity contribution in [2.75, 3.05) is 11.9 Å². The summed E-state index contributed by atoms with van der Waals surface area (Å²) in [5.41, 5.74) is 4.09. The van der Waals surface area contributed by atoms with Gasteiger partial charge < -0.3 is 5.32 Å². The van der Waals surface area contributed by atoms with E-state index in [1.54, 1.807) is 6.07 Å². The van der Waals surface area contributed by atoms with Gasteiger partial charge in [-0.1, -0.05) is 35.4 Å². The van der Waals surface area contributed by atoms with E-state index >= 15 is 0 Å². The first-order valence-corrected chi connectivity index (χ1v) is 12.9. The summed E-state index contributed by atoms with van der Waals surface area (Å²) in [6.07, 6.45) is 1.10. The molecule has 3 heterocycles. The van der Waals surface area contributed by atoms with Crippen LogP contribution in [-0.4, -0.2) is 36.2 Å². The number of nitrogens with zero attached hydrogens (tertiary/aromatic N) is 2. The zero-order valence-electron chi connectivity index (χ0n) is 16.4. The molecule has 1 amide bonds. The highest BCUT2D eigenvalue weighted by atomic mass is 35.5. The number of sulfonamides is 1. The van der Waals surface area contributed by atoms with Crippen LogP contribution in [0.1, 0.15) is 24.0 Å². The summed E-state index contributed by atoms with van der Waals surface area (Å²) in [6.45, 7) is 4.37. The summed E-state index contributed by atoms with van der Waals surface area (Å²) >= 11 is 8.22. The summed E-state index contributed by atoms with van der Waals surface area (Å²) in [5, 5.41) is 5.15. The van der Waals surface area contributed by atoms with Crippen LogP contribution >= 0.6 is 34.3 Å². The molecule has 4 rings (SSSR count). The molecule has 0 bridgehead atoms. The molecule has 10 heteroatoms. The van der Waals surface area contributed by atoms with E-state index in [4.69, 9.17) is 11.6 Å². The molecule has 0 aliphatic carbocycles. The summed E-state index contributed by atoms with van der Waals surface area (Å²) in [6, 6.07) is 8.40. The first kappa shape index (κ1) is 21.5. The first-order valence-electron chi connectivity index (χ1n) is 9.37. The van der Waals surface area contributed by atoms with Gasteiger partial charge in [-0.3, -0.25) is 4.79 Å². The van der Waals surface area contributed by atoms with Crippen LogP contribution in [0.15, 0.2) is 39.9 Å². The number of thiazole rings is 1. The molecule has 6 nitrogen and oxygen atoms in total. The third-order valence-electron chi connectivity index (χ3n) is 5.01. The minimum absolute atomic E-state index is 0.151. The maximum atomic E-state index is 13.0. The number of carbonyl (C=O) groups is 1. The van der Waals surface area contributed by atoms with Crippen molar-refractivity contribution in [1.29, 1.82) is 0 Å². The fourth-order valence-electron chi connectivity index (χ4n) is 3.59. The second kappa shape index (κ2) is 8.39. The molecule has 1 unspecified atom stereocenters. The van der Waals surface area contributed by atoms with Crippen LogP contribution in [-0.2, 0) is 14.8 Å². The zero-order chi connectivity index (χ0) is 21.5. The highest BCUT2D eigenvalue weighted by molar-refractivity contribution is 7.91. The molecule has 2 aromatic heterocycles. The number of thiophene rings is 1. The van der Waals surface area contributed by atoms with Crippen LogP contribution in [0.25, 0.3) is 11.3 Å². The Bertz CT molecular complexity index is 1200. The summed E-state index contributed by atoms with van der Waals surface area (Å²) in [4.78, 5) is 17.4. The molecule has 0 radical (unpaired) electrons. The van der Waals surface area contributed by atoms with Gasteiger partial charge in [0, 0.05) is 17.5 Å². The quantitative estimate of drug-likeness (QED) is 0.560. The molecule has 1 aliphatic rings. The van der Waals surface area contributed by atoms with Gasteiger partial charge in [0.05, 0.1) is 10.0 Å². The van der Waals surface area contributed by atoms with E-state index < -0.39 is 16.1 Å². The minimum atomic E-state index is -3.76. The SMILES string of the molecule is Cc1ccc(-c2csc(NC(=O)C3CCCN3S(=O)(=O)c3ccc(Cl)s3)n2)c(C)c1. The topological polar surface area (TPSA) is 79.4 Å². The first-order chi connectivity index (χ1) is 14.3. The molecular weight excluding hydrogens is 462 g/mol. The smallest absolute Gasteiger partial charge is 0.253 e. The van der Waals surface area contributed by atoms with Crippen LogP contribution in [0, 0.1) is 13.8 Å². The van der Waals surface area contributed by atoms with Crippen molar-refractivity contribution in [3.63, 3.8) is 0 Å². The number of carbonyl (C=O) groups excluding carboxylic acids is 1. The van der Waals surface area contributed by atoms with Gasteiger partial charge in [-0.2, -0.15) is 4.31 Å². The molecule has 3 aromatic rings. The van der Waals surface area contributed by atoms with E-state index in [0.29, 0.717) is 28.9 Å². The van der Waals surface area contributed by atoms with Crippen molar-refractivity contribution in [2.45, 2.75) is 36.9 Å². The van der Waals surface area contributed by atoms with Crippen LogP contribution in [0.4, 0.5) is 5.13 Å². The Kier molecular flexibility index (Phi) is 6.00. The van der Waals surface area contributed by atoms with Crippen molar-refractivity contribution in [3.8, 4) is 11.3 Å². The van der Waals surface area contributed by atoms with Gasteiger partial charge in [0.2, 0.25) is 5.91 Å². The number of halogens is 1. The number of rotatable bonds is 5. The number of aromatic nitrogens is 1. The van der Waals surface area contributed by atoms with Crippen LogP contribution < -0.4 is 5.32 Å². The lowest BCUT2D eigenvalue weighted by Gasteiger charge is -2.22. The molecule has 30 heavy (non-hydrogen) atoms. The summed E-state index contributed by atoms with van der Waals surface area (Å²) in [5.74, 6) is -0.361. The third kappa shape index (κ3) is 4.17. The second-order valence-electron chi connectivity index (χ2n) is 7.18. The molecule has 0 spiro atoms. The molecule has 1 aromatic carbocycles. The Morgan fingerprint density at radius 3 is 2.77 bits per heavy atom. The van der Waals surface area contributed by atoms with Gasteiger partial charge in [0.1, 0.15) is 10.3 Å². The van der Waals surface area contributed by atoms with Gasteiger partial charge in [-0.05, 0) is 44.4 Å². The maximum absolute atomic E-state index is 13.0. The number of aryl methyl sites for hydroxylation is 2. The average Bonchev–Trinajstić information content (AvgIpc) is 3.42. The fraction of sp³-hybridized carbons (Fsp3) is 0.300. The number of hydrogen-bond acceptors (Lipinski definition) is 6. The Morgan fingerprint density at radius 1 is 1.27 bits per heavy atom. The highest BCUT2D eigenvalue weighted by Gasteiger charge is 2.40. The molecule has 0 saturated carbocycles. The number of benzene rings is 1. The summed E-state index contributed by atoms with van der Waals surface area (Å²) < 4.78 is 27.7. The number of nitrogens with one attached hydrogen (secondary N) is 1. The monoisotopic (exact) mass is 481 g/mol. The molecule has 1 atom stereocenters. The van der Waals surface area contributed by atoms with E-state index in [0.717, 1.165) is 28.2 Å². The third-order valence-corrected chi connectivity index (χ3v) is 9.37. The van der Waals surface area contributed by atoms with Gasteiger partial charge in [0.25, 0.3) is 10.0 Å². The fourth-order valence-corrected chi connectivity index (χ4v) is 7.57. The van der Waals surface area contributed by atoms with E-state index in [1.165, 1.54) is 27.3 Å².